The first-order valence-corrected chi connectivity index (χ1v) is 6.26. The van der Waals surface area contributed by atoms with Crippen LogP contribution in [0.15, 0.2) is 36.5 Å². The lowest BCUT2D eigenvalue weighted by atomic mass is 10.2. The summed E-state index contributed by atoms with van der Waals surface area (Å²) in [6.07, 6.45) is 1.14. The average molecular weight is 309 g/mol. The van der Waals surface area contributed by atoms with Gasteiger partial charge in [-0.15, -0.1) is 0 Å². The van der Waals surface area contributed by atoms with Gasteiger partial charge in [-0.3, -0.25) is 14.6 Å². The average Bonchev–Trinajstić information content (AvgIpc) is 2.40. The molecule has 2 N–H and O–H groups in total. The molecule has 1 aromatic heterocycles. The van der Waals surface area contributed by atoms with Crippen LogP contribution in [0.5, 0.6) is 0 Å². The molecule has 1 aromatic carbocycles. The van der Waals surface area contributed by atoms with Gasteiger partial charge in [0, 0.05) is 0 Å². The number of hydrogen-bond donors (Lipinski definition) is 2. The molecule has 0 aliphatic carbocycles. The van der Waals surface area contributed by atoms with Crippen LogP contribution >= 0.6 is 11.6 Å². The second-order valence-electron chi connectivity index (χ2n) is 4.19. The molecule has 0 atom stereocenters. The van der Waals surface area contributed by atoms with Gasteiger partial charge in [0.15, 0.2) is 0 Å². The number of aliphatic carboxylic acids is 1. The van der Waals surface area contributed by atoms with Gasteiger partial charge in [-0.05, 0) is 30.3 Å². The van der Waals surface area contributed by atoms with Crippen molar-refractivity contribution in [3.63, 3.8) is 0 Å². The number of hydrogen-bond acceptors (Lipinski definition) is 3. The van der Waals surface area contributed by atoms with Gasteiger partial charge >= 0.3 is 5.97 Å². The highest BCUT2D eigenvalue weighted by molar-refractivity contribution is 6.34. The maximum Gasteiger partial charge on any atom is 0.309 e. The molecule has 108 valence electrons. The lowest BCUT2D eigenvalue weighted by molar-refractivity contribution is -0.136. The molecule has 0 fully saturated rings. The third kappa shape index (κ3) is 4.00. The second kappa shape index (κ2) is 6.32. The molecule has 0 aliphatic rings. The standard InChI is InChI=1S/C14H10ClFN2O3/c15-12-5-8(16)1-4-11(12)14(21)18-10-3-2-9(17-7-10)6-13(19)20/h1-5,7H,6H2,(H,18,21)(H,19,20). The van der Waals surface area contributed by atoms with Gasteiger partial charge < -0.3 is 10.4 Å². The molecule has 2 aromatic rings. The summed E-state index contributed by atoms with van der Waals surface area (Å²) in [5.41, 5.74) is 0.891. The predicted molar refractivity (Wildman–Crippen MR) is 74.9 cm³/mol. The molecule has 0 radical (unpaired) electrons. The van der Waals surface area contributed by atoms with Crippen molar-refractivity contribution in [2.75, 3.05) is 5.32 Å². The number of carbonyl (C=O) groups excluding carboxylic acids is 1. The van der Waals surface area contributed by atoms with Gasteiger partial charge in [-0.1, -0.05) is 11.6 Å². The number of amides is 1. The maximum absolute atomic E-state index is 12.9. The SMILES string of the molecule is O=C(O)Cc1ccc(NC(=O)c2ccc(F)cc2Cl)cn1. The maximum atomic E-state index is 12.9. The molecule has 0 saturated carbocycles. The molecule has 0 saturated heterocycles. The molecule has 7 heteroatoms. The molecule has 0 unspecified atom stereocenters. The number of pyridine rings is 1. The molecule has 0 aliphatic heterocycles. The number of carbonyl (C=O) groups is 2. The van der Waals surface area contributed by atoms with Gasteiger partial charge in [-0.2, -0.15) is 0 Å². The quantitative estimate of drug-likeness (QED) is 0.910. The Morgan fingerprint density at radius 3 is 2.62 bits per heavy atom. The molecule has 1 amide bonds. The van der Waals surface area contributed by atoms with E-state index in [0.29, 0.717) is 11.4 Å². The Balaban J connectivity index is 2.10. The van der Waals surface area contributed by atoms with E-state index >= 15 is 0 Å². The Morgan fingerprint density at radius 1 is 1.29 bits per heavy atom. The number of carboxylic acid groups (broad SMARTS) is 1. The monoisotopic (exact) mass is 308 g/mol. The van der Waals surface area contributed by atoms with Gasteiger partial charge in [0.1, 0.15) is 5.82 Å². The number of rotatable bonds is 4. The van der Waals surface area contributed by atoms with Gasteiger partial charge in [0.05, 0.1) is 34.6 Å². The van der Waals surface area contributed by atoms with Crippen molar-refractivity contribution in [1.82, 2.24) is 4.98 Å². The first-order chi connectivity index (χ1) is 9.95. The van der Waals surface area contributed by atoms with Crippen LogP contribution in [0, 0.1) is 5.82 Å². The van der Waals surface area contributed by atoms with Crippen molar-refractivity contribution in [1.29, 1.82) is 0 Å². The van der Waals surface area contributed by atoms with E-state index in [1.165, 1.54) is 24.4 Å². The Bertz CT molecular complexity index is 689. The molecule has 21 heavy (non-hydrogen) atoms. The van der Waals surface area contributed by atoms with Crippen molar-refractivity contribution in [2.45, 2.75) is 6.42 Å². The summed E-state index contributed by atoms with van der Waals surface area (Å²) in [6, 6.07) is 6.48. The fraction of sp³-hybridized carbons (Fsp3) is 0.0714. The number of aromatic nitrogens is 1. The zero-order chi connectivity index (χ0) is 15.4. The van der Waals surface area contributed by atoms with E-state index in [4.69, 9.17) is 16.7 Å². The Morgan fingerprint density at radius 2 is 2.05 bits per heavy atom. The topological polar surface area (TPSA) is 79.3 Å². The fourth-order valence-corrected chi connectivity index (χ4v) is 1.88. The molecule has 0 bridgehead atoms. The van der Waals surface area contributed by atoms with Crippen LogP contribution < -0.4 is 5.32 Å². The van der Waals surface area contributed by atoms with Crippen LogP contribution in [-0.2, 0) is 11.2 Å². The normalized spacial score (nSPS) is 10.2. The van der Waals surface area contributed by atoms with Crippen LogP contribution in [0.2, 0.25) is 5.02 Å². The molecular weight excluding hydrogens is 299 g/mol. The van der Waals surface area contributed by atoms with E-state index in [1.54, 1.807) is 0 Å². The molecular formula is C14H10ClFN2O3. The third-order valence-corrected chi connectivity index (χ3v) is 2.90. The Hall–Kier alpha value is -2.47. The first kappa shape index (κ1) is 14.9. The minimum Gasteiger partial charge on any atom is -0.481 e. The van der Waals surface area contributed by atoms with Crippen LogP contribution in [0.3, 0.4) is 0 Å². The third-order valence-electron chi connectivity index (χ3n) is 2.59. The lowest BCUT2D eigenvalue weighted by Crippen LogP contribution is -2.13. The fourth-order valence-electron chi connectivity index (χ4n) is 1.63. The van der Waals surface area contributed by atoms with Crippen LogP contribution in [-0.4, -0.2) is 22.0 Å². The van der Waals surface area contributed by atoms with Crippen LogP contribution in [0.4, 0.5) is 10.1 Å². The van der Waals surface area contributed by atoms with Crippen LogP contribution in [0.25, 0.3) is 0 Å². The second-order valence-corrected chi connectivity index (χ2v) is 4.59. The molecule has 5 nitrogen and oxygen atoms in total. The summed E-state index contributed by atoms with van der Waals surface area (Å²) in [4.78, 5) is 26.4. The predicted octanol–water partition coefficient (Wildman–Crippen LogP) is 2.75. The smallest absolute Gasteiger partial charge is 0.309 e. The summed E-state index contributed by atoms with van der Waals surface area (Å²) in [5.74, 6) is -2.03. The summed E-state index contributed by atoms with van der Waals surface area (Å²) in [6.45, 7) is 0. The highest BCUT2D eigenvalue weighted by Crippen LogP contribution is 2.18. The number of carboxylic acids is 1. The zero-order valence-corrected chi connectivity index (χ0v) is 11.4. The number of anilines is 1. The summed E-state index contributed by atoms with van der Waals surface area (Å²) in [7, 11) is 0. The van der Waals surface area contributed by atoms with Crippen molar-refractivity contribution in [3.05, 3.63) is 58.6 Å². The molecule has 0 spiro atoms. The van der Waals surface area contributed by atoms with E-state index in [1.807, 2.05) is 0 Å². The Labute approximate surface area is 124 Å². The Kier molecular flexibility index (Phi) is 4.49. The van der Waals surface area contributed by atoms with E-state index in [2.05, 4.69) is 10.3 Å². The van der Waals surface area contributed by atoms with E-state index in [-0.39, 0.29) is 17.0 Å². The lowest BCUT2D eigenvalue weighted by Gasteiger charge is -2.07. The molecule has 2 rings (SSSR count). The molecule has 1 heterocycles. The summed E-state index contributed by atoms with van der Waals surface area (Å²) in [5, 5.41) is 11.2. The minimum atomic E-state index is -0.989. The largest absolute Gasteiger partial charge is 0.481 e. The number of nitrogens with zero attached hydrogens (tertiary/aromatic N) is 1. The van der Waals surface area contributed by atoms with Gasteiger partial charge in [-0.25, -0.2) is 4.39 Å². The first-order valence-electron chi connectivity index (χ1n) is 5.89. The zero-order valence-electron chi connectivity index (χ0n) is 10.6. The van der Waals surface area contributed by atoms with Crippen molar-refractivity contribution < 1.29 is 19.1 Å². The van der Waals surface area contributed by atoms with Crippen LogP contribution in [0.1, 0.15) is 16.1 Å². The van der Waals surface area contributed by atoms with Gasteiger partial charge in [0.2, 0.25) is 0 Å². The highest BCUT2D eigenvalue weighted by Gasteiger charge is 2.11. The van der Waals surface area contributed by atoms with Gasteiger partial charge in [0.25, 0.3) is 5.91 Å². The minimum absolute atomic E-state index is 0.00274. The van der Waals surface area contributed by atoms with Crippen molar-refractivity contribution in [3.8, 4) is 0 Å². The van der Waals surface area contributed by atoms with E-state index < -0.39 is 17.7 Å². The summed E-state index contributed by atoms with van der Waals surface area (Å²) >= 11 is 5.79. The number of halogens is 2. The van der Waals surface area contributed by atoms with E-state index in [0.717, 1.165) is 12.1 Å². The van der Waals surface area contributed by atoms with Crippen molar-refractivity contribution >= 4 is 29.2 Å². The van der Waals surface area contributed by atoms with Crippen molar-refractivity contribution in [2.24, 2.45) is 0 Å². The van der Waals surface area contributed by atoms with E-state index in [9.17, 15) is 14.0 Å². The number of benzene rings is 1. The summed E-state index contributed by atoms with van der Waals surface area (Å²) < 4.78 is 12.9. The highest BCUT2D eigenvalue weighted by atomic mass is 35.5. The number of nitrogens with one attached hydrogen (secondary N) is 1.